The number of hydrogen-bond acceptors (Lipinski definition) is 2. The summed E-state index contributed by atoms with van der Waals surface area (Å²) in [7, 11) is 0. The molecule has 1 fully saturated rings. The van der Waals surface area contributed by atoms with Crippen molar-refractivity contribution in [2.75, 3.05) is 0 Å². The van der Waals surface area contributed by atoms with E-state index in [2.05, 4.69) is 0 Å². The second-order valence-electron chi connectivity index (χ2n) is 5.34. The minimum atomic E-state index is -0.598. The normalized spacial score (nSPS) is 15.8. The quantitative estimate of drug-likeness (QED) is 0.855. The van der Waals surface area contributed by atoms with Crippen LogP contribution in [0.1, 0.15) is 30.1 Å². The third kappa shape index (κ3) is 3.91. The maximum Gasteiger partial charge on any atom is 0.119 e. The van der Waals surface area contributed by atoms with Crippen LogP contribution < -0.4 is 4.74 Å². The highest BCUT2D eigenvalue weighted by atomic mass is 35.5. The van der Waals surface area contributed by atoms with E-state index in [4.69, 9.17) is 27.9 Å². The van der Waals surface area contributed by atoms with Gasteiger partial charge in [0, 0.05) is 16.5 Å². The summed E-state index contributed by atoms with van der Waals surface area (Å²) in [4.78, 5) is 0. The first-order valence-corrected chi connectivity index (χ1v) is 7.76. The first kappa shape index (κ1) is 14.7. The Bertz CT molecular complexity index is 621. The lowest BCUT2D eigenvalue weighted by molar-refractivity contribution is 0.178. The summed E-state index contributed by atoms with van der Waals surface area (Å²) >= 11 is 12.0. The van der Waals surface area contributed by atoms with Crippen LogP contribution in [0.5, 0.6) is 5.75 Å². The third-order valence-electron chi connectivity index (χ3n) is 3.52. The van der Waals surface area contributed by atoms with Crippen LogP contribution in [-0.4, -0.2) is 11.2 Å². The molecule has 0 aliphatic heterocycles. The molecule has 0 spiro atoms. The van der Waals surface area contributed by atoms with E-state index in [1.54, 1.807) is 12.1 Å². The number of benzene rings is 2. The Kier molecular flexibility index (Phi) is 4.39. The number of ether oxygens (including phenoxy) is 1. The molecule has 0 saturated heterocycles. The Morgan fingerprint density at radius 2 is 1.81 bits per heavy atom. The highest BCUT2D eigenvalue weighted by Crippen LogP contribution is 2.29. The minimum absolute atomic E-state index is 0.383. The van der Waals surface area contributed by atoms with E-state index in [-0.39, 0.29) is 0 Å². The van der Waals surface area contributed by atoms with Gasteiger partial charge in [-0.3, -0.25) is 0 Å². The highest BCUT2D eigenvalue weighted by Gasteiger charge is 2.23. The molecule has 21 heavy (non-hydrogen) atoms. The fraction of sp³-hybridized carbons (Fsp3) is 0.294. The lowest BCUT2D eigenvalue weighted by Crippen LogP contribution is -2.03. The molecule has 110 valence electrons. The maximum absolute atomic E-state index is 10.3. The molecule has 4 heteroatoms. The van der Waals surface area contributed by atoms with Crippen molar-refractivity contribution in [3.8, 4) is 5.75 Å². The summed E-state index contributed by atoms with van der Waals surface area (Å²) in [6.07, 6.45) is 2.52. The van der Waals surface area contributed by atoms with E-state index in [1.165, 1.54) is 0 Å². The van der Waals surface area contributed by atoms with Gasteiger partial charge in [0.2, 0.25) is 0 Å². The summed E-state index contributed by atoms with van der Waals surface area (Å²) in [6, 6.07) is 12.9. The predicted molar refractivity (Wildman–Crippen MR) is 85.2 cm³/mol. The molecule has 2 nitrogen and oxygen atoms in total. The second-order valence-corrected chi connectivity index (χ2v) is 6.19. The molecule has 2 aromatic carbocycles. The fourth-order valence-electron chi connectivity index (χ4n) is 2.16. The molecule has 1 N–H and O–H groups in total. The van der Waals surface area contributed by atoms with E-state index in [0.717, 1.165) is 29.7 Å². The van der Waals surface area contributed by atoms with Gasteiger partial charge in [0.25, 0.3) is 0 Å². The molecule has 1 unspecified atom stereocenters. The number of hydrogen-bond donors (Lipinski definition) is 1. The Balaban J connectivity index is 1.67. The van der Waals surface area contributed by atoms with Crippen molar-refractivity contribution in [1.82, 2.24) is 0 Å². The molecule has 0 amide bonds. The predicted octanol–water partition coefficient (Wildman–Crippen LogP) is 4.81. The van der Waals surface area contributed by atoms with Crippen LogP contribution in [-0.2, 0) is 6.42 Å². The molecule has 0 radical (unpaired) electrons. The summed E-state index contributed by atoms with van der Waals surface area (Å²) in [6.45, 7) is 0. The van der Waals surface area contributed by atoms with Gasteiger partial charge in [-0.25, -0.2) is 0 Å². The van der Waals surface area contributed by atoms with Crippen molar-refractivity contribution in [2.24, 2.45) is 0 Å². The van der Waals surface area contributed by atoms with Crippen LogP contribution in [0.4, 0.5) is 0 Å². The SMILES string of the molecule is OC(Cc1ccc(Cl)cc1Cl)c1ccc(OC2CC2)cc1. The molecule has 1 saturated carbocycles. The van der Waals surface area contributed by atoms with Gasteiger partial charge in [0.15, 0.2) is 0 Å². The minimum Gasteiger partial charge on any atom is -0.490 e. The third-order valence-corrected chi connectivity index (χ3v) is 4.11. The summed E-state index contributed by atoms with van der Waals surface area (Å²) in [5.74, 6) is 0.859. The van der Waals surface area contributed by atoms with Crippen LogP contribution in [0, 0.1) is 0 Å². The van der Waals surface area contributed by atoms with Crippen molar-refractivity contribution >= 4 is 23.2 Å². The second kappa shape index (κ2) is 6.27. The molecule has 0 bridgehead atoms. The molecule has 3 rings (SSSR count). The van der Waals surface area contributed by atoms with Crippen LogP contribution in [0.3, 0.4) is 0 Å². The zero-order valence-corrected chi connectivity index (χ0v) is 12.9. The summed E-state index contributed by atoms with van der Waals surface area (Å²) in [5.41, 5.74) is 1.73. The Morgan fingerprint density at radius 1 is 1.10 bits per heavy atom. The largest absolute Gasteiger partial charge is 0.490 e. The zero-order valence-electron chi connectivity index (χ0n) is 11.4. The first-order chi connectivity index (χ1) is 10.1. The van der Waals surface area contributed by atoms with Crippen molar-refractivity contribution in [3.05, 3.63) is 63.6 Å². The van der Waals surface area contributed by atoms with Crippen LogP contribution in [0.25, 0.3) is 0 Å². The molecule has 2 aromatic rings. The molecule has 1 atom stereocenters. The van der Waals surface area contributed by atoms with E-state index in [0.29, 0.717) is 22.6 Å². The van der Waals surface area contributed by atoms with Crippen LogP contribution in [0.15, 0.2) is 42.5 Å². The van der Waals surface area contributed by atoms with Crippen molar-refractivity contribution in [1.29, 1.82) is 0 Å². The molecule has 1 aliphatic rings. The van der Waals surface area contributed by atoms with Crippen molar-refractivity contribution in [2.45, 2.75) is 31.5 Å². The molecule has 0 aromatic heterocycles. The van der Waals surface area contributed by atoms with E-state index in [1.807, 2.05) is 30.3 Å². The van der Waals surface area contributed by atoms with Gasteiger partial charge in [0.05, 0.1) is 12.2 Å². The maximum atomic E-state index is 10.3. The fourth-order valence-corrected chi connectivity index (χ4v) is 2.65. The monoisotopic (exact) mass is 322 g/mol. The molecule has 0 heterocycles. The van der Waals surface area contributed by atoms with E-state index in [9.17, 15) is 5.11 Å². The average Bonchev–Trinajstić information content (AvgIpc) is 3.26. The Labute approximate surface area is 134 Å². The lowest BCUT2D eigenvalue weighted by atomic mass is 10.0. The van der Waals surface area contributed by atoms with Gasteiger partial charge in [0.1, 0.15) is 5.75 Å². The average molecular weight is 323 g/mol. The van der Waals surface area contributed by atoms with Gasteiger partial charge < -0.3 is 9.84 Å². The van der Waals surface area contributed by atoms with E-state index >= 15 is 0 Å². The standard InChI is InChI=1S/C17H16Cl2O2/c18-13-4-1-12(16(19)10-13)9-17(20)11-2-5-14(6-3-11)21-15-7-8-15/h1-6,10,15,17,20H,7-9H2. The Morgan fingerprint density at radius 3 is 2.43 bits per heavy atom. The number of halogens is 2. The summed E-state index contributed by atoms with van der Waals surface area (Å²) < 4.78 is 5.69. The summed E-state index contributed by atoms with van der Waals surface area (Å²) in [5, 5.41) is 11.5. The Hall–Kier alpha value is -1.22. The van der Waals surface area contributed by atoms with Gasteiger partial charge in [-0.15, -0.1) is 0 Å². The number of rotatable bonds is 5. The molecule has 1 aliphatic carbocycles. The van der Waals surface area contributed by atoms with Crippen molar-refractivity contribution in [3.63, 3.8) is 0 Å². The van der Waals surface area contributed by atoms with Crippen LogP contribution >= 0.6 is 23.2 Å². The van der Waals surface area contributed by atoms with Crippen LogP contribution in [0.2, 0.25) is 10.0 Å². The smallest absolute Gasteiger partial charge is 0.119 e. The highest BCUT2D eigenvalue weighted by molar-refractivity contribution is 6.35. The zero-order chi connectivity index (χ0) is 14.8. The van der Waals surface area contributed by atoms with Gasteiger partial charge in [-0.05, 0) is 48.2 Å². The van der Waals surface area contributed by atoms with Gasteiger partial charge in [-0.2, -0.15) is 0 Å². The van der Waals surface area contributed by atoms with Gasteiger partial charge >= 0.3 is 0 Å². The molecular weight excluding hydrogens is 307 g/mol. The molecular formula is C17H16Cl2O2. The first-order valence-electron chi connectivity index (χ1n) is 7.00. The van der Waals surface area contributed by atoms with Gasteiger partial charge in [-0.1, -0.05) is 41.4 Å². The topological polar surface area (TPSA) is 29.5 Å². The van der Waals surface area contributed by atoms with Crippen molar-refractivity contribution < 1.29 is 9.84 Å². The van der Waals surface area contributed by atoms with E-state index < -0.39 is 6.10 Å². The number of aliphatic hydroxyl groups is 1. The number of aliphatic hydroxyl groups excluding tert-OH is 1. The lowest BCUT2D eigenvalue weighted by Gasteiger charge is -2.13.